The Balaban J connectivity index is 2.17. The smallest absolute Gasteiger partial charge is 0.333 e. The number of carbonyl (C=O) groups is 2. The van der Waals surface area contributed by atoms with Gasteiger partial charge in [-0.3, -0.25) is 4.79 Å². The average molecular weight is 338 g/mol. The molecule has 0 saturated heterocycles. The van der Waals surface area contributed by atoms with Crippen molar-refractivity contribution in [3.8, 4) is 0 Å². The van der Waals surface area contributed by atoms with E-state index in [2.05, 4.69) is 0 Å². The van der Waals surface area contributed by atoms with Gasteiger partial charge in [0.1, 0.15) is 5.78 Å². The number of Topliss-reactive ketones (excluding diaryl/α,β-unsaturated/α-hetero) is 1. The van der Waals surface area contributed by atoms with E-state index in [4.69, 9.17) is 9.47 Å². The van der Waals surface area contributed by atoms with Gasteiger partial charge in [0, 0.05) is 24.5 Å². The maximum atomic E-state index is 12.4. The quantitative estimate of drug-likeness (QED) is 0.735. The third-order valence-corrected chi connectivity index (χ3v) is 6.68. The summed E-state index contributed by atoms with van der Waals surface area (Å²) in [7, 11) is 1.41. The maximum Gasteiger partial charge on any atom is 0.333 e. The molecule has 0 unspecified atom stereocenters. The van der Waals surface area contributed by atoms with Crippen molar-refractivity contribution in [2.45, 2.75) is 58.5 Å². The SMILES string of the molecule is CO[C@H]1OC(=O)C=C2[C@@H]1[C@H](O)[C@@H](O)[C@H]1[C@@](C)(C(C)=O)CCC[C@]21C. The van der Waals surface area contributed by atoms with Crippen LogP contribution in [-0.4, -0.2) is 47.6 Å². The molecule has 7 atom stereocenters. The highest BCUT2D eigenvalue weighted by atomic mass is 16.7. The van der Waals surface area contributed by atoms with Gasteiger partial charge in [-0.1, -0.05) is 20.3 Å². The predicted molar refractivity (Wildman–Crippen MR) is 84.7 cm³/mol. The number of hydrogen-bond donors (Lipinski definition) is 2. The second-order valence-electron chi connectivity index (χ2n) is 7.87. The average Bonchev–Trinajstić information content (AvgIpc) is 2.51. The van der Waals surface area contributed by atoms with Gasteiger partial charge in [0.25, 0.3) is 0 Å². The molecule has 1 aliphatic heterocycles. The number of aliphatic hydroxyl groups excluding tert-OH is 2. The fraction of sp³-hybridized carbons (Fsp3) is 0.778. The van der Waals surface area contributed by atoms with Crippen LogP contribution in [0.2, 0.25) is 0 Å². The van der Waals surface area contributed by atoms with Gasteiger partial charge in [-0.15, -0.1) is 0 Å². The molecule has 2 N–H and O–H groups in total. The normalized spacial score (nSPS) is 48.0. The van der Waals surface area contributed by atoms with Crippen LogP contribution in [0.1, 0.15) is 40.0 Å². The van der Waals surface area contributed by atoms with Gasteiger partial charge >= 0.3 is 5.97 Å². The molecule has 3 aliphatic rings. The van der Waals surface area contributed by atoms with Crippen LogP contribution >= 0.6 is 0 Å². The minimum Gasteiger partial charge on any atom is -0.432 e. The van der Waals surface area contributed by atoms with E-state index < -0.39 is 47.1 Å². The van der Waals surface area contributed by atoms with Gasteiger partial charge in [0.2, 0.25) is 6.29 Å². The Kier molecular flexibility index (Phi) is 4.13. The van der Waals surface area contributed by atoms with Gasteiger partial charge in [0.15, 0.2) is 0 Å². The van der Waals surface area contributed by atoms with Gasteiger partial charge in [-0.25, -0.2) is 4.79 Å². The van der Waals surface area contributed by atoms with E-state index in [0.717, 1.165) is 18.4 Å². The van der Waals surface area contributed by atoms with Crippen molar-refractivity contribution in [2.24, 2.45) is 22.7 Å². The van der Waals surface area contributed by atoms with Gasteiger partial charge in [-0.2, -0.15) is 0 Å². The summed E-state index contributed by atoms with van der Waals surface area (Å²) >= 11 is 0. The third kappa shape index (κ3) is 2.20. The van der Waals surface area contributed by atoms with Crippen LogP contribution in [0.5, 0.6) is 0 Å². The van der Waals surface area contributed by atoms with E-state index in [1.165, 1.54) is 13.2 Å². The summed E-state index contributed by atoms with van der Waals surface area (Å²) < 4.78 is 10.4. The summed E-state index contributed by atoms with van der Waals surface area (Å²) in [5.74, 6) is -1.56. The zero-order valence-corrected chi connectivity index (χ0v) is 14.6. The molecule has 3 rings (SSSR count). The lowest BCUT2D eigenvalue weighted by Gasteiger charge is -2.60. The van der Waals surface area contributed by atoms with Crippen LogP contribution in [0.25, 0.3) is 0 Å². The van der Waals surface area contributed by atoms with E-state index in [1.807, 2.05) is 13.8 Å². The number of hydrogen-bond acceptors (Lipinski definition) is 6. The lowest BCUT2D eigenvalue weighted by Crippen LogP contribution is -2.64. The molecule has 0 radical (unpaired) electrons. The monoisotopic (exact) mass is 338 g/mol. The molecule has 0 aromatic heterocycles. The van der Waals surface area contributed by atoms with E-state index >= 15 is 0 Å². The summed E-state index contributed by atoms with van der Waals surface area (Å²) in [6.07, 6.45) is 0.505. The number of fused-ring (bicyclic) bond motifs is 3. The topological polar surface area (TPSA) is 93.1 Å². The fourth-order valence-corrected chi connectivity index (χ4v) is 5.40. The predicted octanol–water partition coefficient (Wildman–Crippen LogP) is 1.20. The third-order valence-electron chi connectivity index (χ3n) is 6.68. The van der Waals surface area contributed by atoms with Gasteiger partial charge < -0.3 is 19.7 Å². The van der Waals surface area contributed by atoms with Crippen LogP contribution < -0.4 is 0 Å². The summed E-state index contributed by atoms with van der Waals surface area (Å²) in [5, 5.41) is 21.7. The summed E-state index contributed by atoms with van der Waals surface area (Å²) in [5.41, 5.74) is -0.554. The van der Waals surface area contributed by atoms with Crippen molar-refractivity contribution in [3.05, 3.63) is 11.6 Å². The van der Waals surface area contributed by atoms with Crippen LogP contribution in [0, 0.1) is 22.7 Å². The first-order valence-electron chi connectivity index (χ1n) is 8.49. The molecule has 0 aromatic rings. The molecule has 6 heteroatoms. The molecular formula is C18H26O6. The van der Waals surface area contributed by atoms with Crippen LogP contribution in [0.4, 0.5) is 0 Å². The Morgan fingerprint density at radius 3 is 2.54 bits per heavy atom. The second-order valence-corrected chi connectivity index (χ2v) is 7.87. The highest BCUT2D eigenvalue weighted by Crippen LogP contribution is 2.62. The number of cyclic esters (lactones) is 1. The zero-order chi connectivity index (χ0) is 17.9. The molecule has 2 fully saturated rings. The Morgan fingerprint density at radius 1 is 1.29 bits per heavy atom. The lowest BCUT2D eigenvalue weighted by molar-refractivity contribution is -0.223. The van der Waals surface area contributed by atoms with Crippen molar-refractivity contribution in [2.75, 3.05) is 7.11 Å². The number of aliphatic hydroxyl groups is 2. The van der Waals surface area contributed by atoms with Crippen molar-refractivity contribution < 1.29 is 29.3 Å². The largest absolute Gasteiger partial charge is 0.432 e. The van der Waals surface area contributed by atoms with Gasteiger partial charge in [-0.05, 0) is 30.8 Å². The molecule has 2 aliphatic carbocycles. The number of ketones is 1. The van der Waals surface area contributed by atoms with Crippen molar-refractivity contribution in [3.63, 3.8) is 0 Å². The van der Waals surface area contributed by atoms with Crippen LogP contribution in [0.3, 0.4) is 0 Å². The molecule has 2 saturated carbocycles. The van der Waals surface area contributed by atoms with Gasteiger partial charge in [0.05, 0.1) is 18.1 Å². The van der Waals surface area contributed by atoms with E-state index in [-0.39, 0.29) is 5.78 Å². The first-order chi connectivity index (χ1) is 11.2. The van der Waals surface area contributed by atoms with Crippen LogP contribution in [-0.2, 0) is 19.1 Å². The Bertz CT molecular complexity index is 598. The number of methoxy groups -OCH3 is 1. The number of carbonyl (C=O) groups excluding carboxylic acids is 2. The molecule has 0 aromatic carbocycles. The summed E-state index contributed by atoms with van der Waals surface area (Å²) in [6, 6.07) is 0. The highest BCUT2D eigenvalue weighted by Gasteiger charge is 2.64. The number of rotatable bonds is 2. The maximum absolute atomic E-state index is 12.4. The number of esters is 1. The molecule has 0 amide bonds. The molecule has 1 heterocycles. The molecule has 0 bridgehead atoms. The van der Waals surface area contributed by atoms with Crippen molar-refractivity contribution in [1.29, 1.82) is 0 Å². The molecule has 24 heavy (non-hydrogen) atoms. The molecular weight excluding hydrogens is 312 g/mol. The van der Waals surface area contributed by atoms with Crippen molar-refractivity contribution in [1.82, 2.24) is 0 Å². The first-order valence-corrected chi connectivity index (χ1v) is 8.49. The molecule has 6 nitrogen and oxygen atoms in total. The Morgan fingerprint density at radius 2 is 1.96 bits per heavy atom. The summed E-state index contributed by atoms with van der Waals surface area (Å²) in [4.78, 5) is 24.4. The van der Waals surface area contributed by atoms with E-state index in [1.54, 1.807) is 6.92 Å². The zero-order valence-electron chi connectivity index (χ0n) is 14.6. The minimum atomic E-state index is -1.15. The summed E-state index contributed by atoms with van der Waals surface area (Å²) in [6.45, 7) is 5.39. The first kappa shape index (κ1) is 17.6. The van der Waals surface area contributed by atoms with E-state index in [9.17, 15) is 19.8 Å². The fourth-order valence-electron chi connectivity index (χ4n) is 5.40. The van der Waals surface area contributed by atoms with Crippen LogP contribution in [0.15, 0.2) is 11.6 Å². The molecule has 134 valence electrons. The highest BCUT2D eigenvalue weighted by molar-refractivity contribution is 5.85. The van der Waals surface area contributed by atoms with E-state index in [0.29, 0.717) is 6.42 Å². The van der Waals surface area contributed by atoms with Crippen molar-refractivity contribution >= 4 is 11.8 Å². The Hall–Kier alpha value is -1.24. The lowest BCUT2D eigenvalue weighted by atomic mass is 9.45. The second kappa shape index (κ2) is 5.64. The number of ether oxygens (including phenoxy) is 2. The standard InChI is InChI=1S/C18H26O6/c1-9(19)17(2)6-5-7-18(3)10-8-11(20)24-16(23-4)12(10)13(21)14(22)15(17)18/h8,12-16,21-22H,5-7H2,1-4H3/t12-,13+,14-,15+,16+,17-,18-/m1/s1. The molecule has 0 spiro atoms. The Labute approximate surface area is 141 Å². The minimum absolute atomic E-state index is 0.00500.